The standard InChI is InChI=1S/C23H29FN2O2/c1-5-17(3)25-23(28)18(4)26(15-20-11-6-7-12-21(20)24)22(27)14-19-10-8-9-16(2)13-19/h6-13,17-18H,5,14-15H2,1-4H3,(H,25,28)/t17-,18-/m1/s1. The van der Waals surface area contributed by atoms with Crippen molar-refractivity contribution in [1.82, 2.24) is 10.2 Å². The van der Waals surface area contributed by atoms with Gasteiger partial charge in [0, 0.05) is 18.2 Å². The molecule has 0 aromatic heterocycles. The lowest BCUT2D eigenvalue weighted by atomic mass is 10.1. The molecule has 0 saturated heterocycles. The van der Waals surface area contributed by atoms with E-state index < -0.39 is 6.04 Å². The summed E-state index contributed by atoms with van der Waals surface area (Å²) >= 11 is 0. The van der Waals surface area contributed by atoms with Crippen LogP contribution in [0.3, 0.4) is 0 Å². The van der Waals surface area contributed by atoms with E-state index in [0.717, 1.165) is 17.5 Å². The first kappa shape index (κ1) is 21.6. The molecule has 0 fully saturated rings. The Balaban J connectivity index is 2.25. The van der Waals surface area contributed by atoms with Crippen molar-refractivity contribution >= 4 is 11.8 Å². The zero-order chi connectivity index (χ0) is 20.7. The molecule has 5 heteroatoms. The average molecular weight is 384 g/mol. The Bertz CT molecular complexity index is 822. The normalized spacial score (nSPS) is 12.9. The van der Waals surface area contributed by atoms with Crippen LogP contribution in [0.25, 0.3) is 0 Å². The van der Waals surface area contributed by atoms with Crippen molar-refractivity contribution in [2.45, 2.75) is 59.2 Å². The molecule has 2 amide bonds. The molecule has 2 atom stereocenters. The minimum Gasteiger partial charge on any atom is -0.352 e. The largest absolute Gasteiger partial charge is 0.352 e. The monoisotopic (exact) mass is 384 g/mol. The Hall–Kier alpha value is -2.69. The van der Waals surface area contributed by atoms with Gasteiger partial charge in [-0.15, -0.1) is 0 Å². The van der Waals surface area contributed by atoms with E-state index >= 15 is 0 Å². The second kappa shape index (κ2) is 10.0. The van der Waals surface area contributed by atoms with E-state index in [4.69, 9.17) is 0 Å². The summed E-state index contributed by atoms with van der Waals surface area (Å²) in [6, 6.07) is 13.3. The molecule has 2 rings (SSSR count). The van der Waals surface area contributed by atoms with Gasteiger partial charge in [0.2, 0.25) is 11.8 Å². The van der Waals surface area contributed by atoms with Crippen LogP contribution >= 0.6 is 0 Å². The Kier molecular flexibility index (Phi) is 7.73. The molecule has 0 aliphatic rings. The van der Waals surface area contributed by atoms with Crippen LogP contribution in [0.5, 0.6) is 0 Å². The van der Waals surface area contributed by atoms with Crippen LogP contribution < -0.4 is 5.32 Å². The quantitative estimate of drug-likeness (QED) is 0.748. The van der Waals surface area contributed by atoms with Crippen molar-refractivity contribution in [1.29, 1.82) is 0 Å². The molecule has 2 aromatic carbocycles. The summed E-state index contributed by atoms with van der Waals surface area (Å²) in [7, 11) is 0. The molecule has 0 heterocycles. The van der Waals surface area contributed by atoms with Crippen molar-refractivity contribution in [2.24, 2.45) is 0 Å². The van der Waals surface area contributed by atoms with E-state index in [1.165, 1.54) is 11.0 Å². The lowest BCUT2D eigenvalue weighted by molar-refractivity contribution is -0.140. The van der Waals surface area contributed by atoms with Gasteiger partial charge in [-0.3, -0.25) is 9.59 Å². The SMILES string of the molecule is CC[C@@H](C)NC(=O)[C@@H](C)N(Cc1ccccc1F)C(=O)Cc1cccc(C)c1. The third-order valence-electron chi connectivity index (χ3n) is 4.90. The second-order valence-corrected chi connectivity index (χ2v) is 7.27. The van der Waals surface area contributed by atoms with E-state index in [0.29, 0.717) is 5.56 Å². The van der Waals surface area contributed by atoms with E-state index in [1.54, 1.807) is 25.1 Å². The van der Waals surface area contributed by atoms with E-state index in [1.807, 2.05) is 45.0 Å². The maximum atomic E-state index is 14.2. The van der Waals surface area contributed by atoms with Crippen LogP contribution in [0.2, 0.25) is 0 Å². The number of aryl methyl sites for hydroxylation is 1. The Morgan fingerprint density at radius 1 is 1.11 bits per heavy atom. The first-order valence-corrected chi connectivity index (χ1v) is 9.70. The molecule has 0 saturated carbocycles. The van der Waals surface area contributed by atoms with Gasteiger partial charge < -0.3 is 10.2 Å². The maximum absolute atomic E-state index is 14.2. The van der Waals surface area contributed by atoms with Gasteiger partial charge in [-0.25, -0.2) is 4.39 Å². The molecule has 150 valence electrons. The smallest absolute Gasteiger partial charge is 0.242 e. The fourth-order valence-corrected chi connectivity index (χ4v) is 2.96. The summed E-state index contributed by atoms with van der Waals surface area (Å²) in [5.74, 6) is -0.825. The molecule has 1 N–H and O–H groups in total. The maximum Gasteiger partial charge on any atom is 0.242 e. The number of carbonyl (C=O) groups is 2. The summed E-state index contributed by atoms with van der Waals surface area (Å²) in [6.45, 7) is 7.60. The second-order valence-electron chi connectivity index (χ2n) is 7.27. The molecule has 0 unspecified atom stereocenters. The van der Waals surface area contributed by atoms with Gasteiger partial charge in [0.1, 0.15) is 11.9 Å². The van der Waals surface area contributed by atoms with Crippen molar-refractivity contribution in [2.75, 3.05) is 0 Å². The predicted molar refractivity (Wildman–Crippen MR) is 109 cm³/mol. The number of halogens is 1. The van der Waals surface area contributed by atoms with Crippen LogP contribution in [0.4, 0.5) is 4.39 Å². The van der Waals surface area contributed by atoms with E-state index in [2.05, 4.69) is 5.32 Å². The fourth-order valence-electron chi connectivity index (χ4n) is 2.96. The number of nitrogens with one attached hydrogen (secondary N) is 1. The van der Waals surface area contributed by atoms with Gasteiger partial charge >= 0.3 is 0 Å². The van der Waals surface area contributed by atoms with Crippen molar-refractivity contribution in [3.8, 4) is 0 Å². The van der Waals surface area contributed by atoms with Crippen LogP contribution in [0.1, 0.15) is 43.9 Å². The fraction of sp³-hybridized carbons (Fsp3) is 0.391. The molecule has 0 spiro atoms. The van der Waals surface area contributed by atoms with Crippen LogP contribution in [-0.4, -0.2) is 28.8 Å². The third kappa shape index (κ3) is 5.91. The zero-order valence-corrected chi connectivity index (χ0v) is 17.0. The van der Waals surface area contributed by atoms with Gasteiger partial charge in [0.25, 0.3) is 0 Å². The number of hydrogen-bond acceptors (Lipinski definition) is 2. The van der Waals surface area contributed by atoms with Crippen molar-refractivity contribution < 1.29 is 14.0 Å². The topological polar surface area (TPSA) is 49.4 Å². The van der Waals surface area contributed by atoms with Crippen molar-refractivity contribution in [3.05, 3.63) is 71.0 Å². The molecule has 4 nitrogen and oxygen atoms in total. The van der Waals surface area contributed by atoms with Gasteiger partial charge in [-0.1, -0.05) is 55.0 Å². The third-order valence-corrected chi connectivity index (χ3v) is 4.90. The first-order chi connectivity index (χ1) is 13.3. The molecule has 2 aromatic rings. The summed E-state index contributed by atoms with van der Waals surface area (Å²) in [5, 5.41) is 2.91. The van der Waals surface area contributed by atoms with Crippen LogP contribution in [0.15, 0.2) is 48.5 Å². The van der Waals surface area contributed by atoms with Gasteiger partial charge in [0.15, 0.2) is 0 Å². The van der Waals surface area contributed by atoms with Crippen LogP contribution in [-0.2, 0) is 22.6 Å². The number of nitrogens with zero attached hydrogens (tertiary/aromatic N) is 1. The van der Waals surface area contributed by atoms with Crippen LogP contribution in [0, 0.1) is 12.7 Å². The van der Waals surface area contributed by atoms with E-state index in [-0.39, 0.29) is 36.6 Å². The molecular weight excluding hydrogens is 355 g/mol. The highest BCUT2D eigenvalue weighted by molar-refractivity contribution is 5.88. The summed E-state index contributed by atoms with van der Waals surface area (Å²) in [4.78, 5) is 27.2. The molecule has 0 aliphatic heterocycles. The molecule has 0 aliphatic carbocycles. The zero-order valence-electron chi connectivity index (χ0n) is 17.0. The number of benzene rings is 2. The van der Waals surface area contributed by atoms with Gasteiger partial charge in [-0.2, -0.15) is 0 Å². The molecule has 0 bridgehead atoms. The minimum absolute atomic E-state index is 0.0112. The number of hydrogen-bond donors (Lipinski definition) is 1. The van der Waals surface area contributed by atoms with Gasteiger partial charge in [0.05, 0.1) is 6.42 Å². The van der Waals surface area contributed by atoms with E-state index in [9.17, 15) is 14.0 Å². The lowest BCUT2D eigenvalue weighted by Crippen LogP contribution is -2.50. The summed E-state index contributed by atoms with van der Waals surface area (Å²) < 4.78 is 14.2. The summed E-state index contributed by atoms with van der Waals surface area (Å²) in [6.07, 6.45) is 0.958. The Morgan fingerprint density at radius 2 is 1.82 bits per heavy atom. The number of amides is 2. The first-order valence-electron chi connectivity index (χ1n) is 9.70. The Labute approximate surface area is 166 Å². The van der Waals surface area contributed by atoms with Gasteiger partial charge in [-0.05, 0) is 38.8 Å². The highest BCUT2D eigenvalue weighted by Gasteiger charge is 2.27. The number of rotatable bonds is 8. The lowest BCUT2D eigenvalue weighted by Gasteiger charge is -2.30. The highest BCUT2D eigenvalue weighted by atomic mass is 19.1. The molecule has 28 heavy (non-hydrogen) atoms. The van der Waals surface area contributed by atoms with Crippen molar-refractivity contribution in [3.63, 3.8) is 0 Å². The molecular formula is C23H29FN2O2. The highest BCUT2D eigenvalue weighted by Crippen LogP contribution is 2.15. The molecule has 0 radical (unpaired) electrons. The predicted octanol–water partition coefficient (Wildman–Crippen LogP) is 4.01. The summed E-state index contributed by atoms with van der Waals surface area (Å²) in [5.41, 5.74) is 2.33. The average Bonchev–Trinajstić information content (AvgIpc) is 2.66. The number of carbonyl (C=O) groups excluding carboxylic acids is 2. The Morgan fingerprint density at radius 3 is 2.46 bits per heavy atom. The minimum atomic E-state index is -0.703.